The van der Waals surface area contributed by atoms with Crippen molar-refractivity contribution < 1.29 is 22.8 Å². The van der Waals surface area contributed by atoms with Gasteiger partial charge >= 0.3 is 12.2 Å². The summed E-state index contributed by atoms with van der Waals surface area (Å²) >= 11 is 0. The van der Waals surface area contributed by atoms with Gasteiger partial charge in [-0.1, -0.05) is 23.8 Å². The lowest BCUT2D eigenvalue weighted by molar-refractivity contribution is -0.137. The number of nitrogens with zero attached hydrogens (tertiary/aromatic N) is 4. The van der Waals surface area contributed by atoms with E-state index in [2.05, 4.69) is 20.7 Å². The Morgan fingerprint density at radius 2 is 1.86 bits per heavy atom. The molecule has 0 unspecified atom stereocenters. The van der Waals surface area contributed by atoms with Crippen LogP contribution in [0.2, 0.25) is 0 Å². The van der Waals surface area contributed by atoms with Gasteiger partial charge in [-0.2, -0.15) is 18.3 Å². The summed E-state index contributed by atoms with van der Waals surface area (Å²) in [6.45, 7) is 3.22. The molecule has 0 saturated heterocycles. The average molecular weight is 484 g/mol. The number of carbonyl (C=O) groups excluding carboxylic acids is 2. The van der Waals surface area contributed by atoms with Gasteiger partial charge in [0.25, 0.3) is 5.56 Å². The van der Waals surface area contributed by atoms with Crippen LogP contribution in [0.3, 0.4) is 0 Å². The molecule has 12 heteroatoms. The Balaban J connectivity index is 1.51. The molecule has 2 aromatic carbocycles. The van der Waals surface area contributed by atoms with Crippen LogP contribution in [0.5, 0.6) is 0 Å². The van der Waals surface area contributed by atoms with E-state index in [0.29, 0.717) is 5.69 Å². The second-order valence-electron chi connectivity index (χ2n) is 7.84. The Bertz CT molecular complexity index is 1510. The molecule has 0 aliphatic heterocycles. The van der Waals surface area contributed by atoms with Gasteiger partial charge in [0.15, 0.2) is 5.65 Å². The van der Waals surface area contributed by atoms with Gasteiger partial charge in [-0.15, -0.1) is 0 Å². The van der Waals surface area contributed by atoms with E-state index in [-0.39, 0.29) is 16.7 Å². The van der Waals surface area contributed by atoms with Gasteiger partial charge in [-0.25, -0.2) is 14.5 Å². The molecule has 2 aromatic heterocycles. The summed E-state index contributed by atoms with van der Waals surface area (Å²) in [5.41, 5.74) is 0.947. The zero-order chi connectivity index (χ0) is 25.3. The molecular weight excluding hydrogens is 465 g/mol. The number of amides is 3. The third kappa shape index (κ3) is 5.05. The smallest absolute Gasteiger partial charge is 0.307 e. The fourth-order valence-corrected chi connectivity index (χ4v) is 3.49. The number of alkyl halides is 3. The van der Waals surface area contributed by atoms with Crippen LogP contribution in [0.25, 0.3) is 16.7 Å². The molecule has 0 aliphatic rings. The number of rotatable bonds is 4. The van der Waals surface area contributed by atoms with Crippen molar-refractivity contribution in [2.75, 3.05) is 5.32 Å². The fraction of sp³-hybridized carbons (Fsp3) is 0.174. The topological polar surface area (TPSA) is 111 Å². The molecule has 180 valence electrons. The molecule has 0 saturated carbocycles. The minimum atomic E-state index is -4.54. The van der Waals surface area contributed by atoms with Crippen LogP contribution >= 0.6 is 0 Å². The zero-order valence-electron chi connectivity index (χ0n) is 18.6. The van der Waals surface area contributed by atoms with Crippen molar-refractivity contribution in [2.24, 2.45) is 0 Å². The van der Waals surface area contributed by atoms with Crippen molar-refractivity contribution in [2.45, 2.75) is 26.6 Å². The second-order valence-corrected chi connectivity index (χ2v) is 7.84. The minimum absolute atomic E-state index is 0.00237. The highest BCUT2D eigenvalue weighted by atomic mass is 19.4. The minimum Gasteiger partial charge on any atom is -0.307 e. The van der Waals surface area contributed by atoms with Crippen LogP contribution in [0.15, 0.2) is 59.8 Å². The molecule has 4 aromatic rings. The normalized spacial score (nSPS) is 11.5. The van der Waals surface area contributed by atoms with Crippen molar-refractivity contribution in [3.05, 3.63) is 82.0 Å². The maximum absolute atomic E-state index is 13.0. The first-order valence-corrected chi connectivity index (χ1v) is 10.3. The third-order valence-electron chi connectivity index (χ3n) is 5.17. The first kappa shape index (κ1) is 23.7. The molecule has 35 heavy (non-hydrogen) atoms. The van der Waals surface area contributed by atoms with Gasteiger partial charge in [0.05, 0.1) is 17.4 Å². The second kappa shape index (κ2) is 9.05. The lowest BCUT2D eigenvalue weighted by Gasteiger charge is -2.11. The monoisotopic (exact) mass is 484 g/mol. The molecule has 9 nitrogen and oxygen atoms in total. The molecule has 0 radical (unpaired) electrons. The molecule has 0 atom stereocenters. The van der Waals surface area contributed by atoms with E-state index in [0.717, 1.165) is 45.0 Å². The number of halogens is 3. The molecule has 0 bridgehead atoms. The maximum Gasteiger partial charge on any atom is 0.416 e. The number of imide groups is 1. The predicted octanol–water partition coefficient (Wildman–Crippen LogP) is 3.57. The molecule has 4 rings (SSSR count). The number of nitrogens with one attached hydrogen (secondary N) is 2. The van der Waals surface area contributed by atoms with E-state index < -0.39 is 35.8 Å². The summed E-state index contributed by atoms with van der Waals surface area (Å²) < 4.78 is 41.2. The summed E-state index contributed by atoms with van der Waals surface area (Å²) in [6.07, 6.45) is -2.32. The van der Waals surface area contributed by atoms with Crippen molar-refractivity contribution in [3.8, 4) is 5.69 Å². The number of hydrogen-bond donors (Lipinski definition) is 2. The van der Waals surface area contributed by atoms with Crippen LogP contribution in [0, 0.1) is 13.8 Å². The largest absolute Gasteiger partial charge is 0.416 e. The van der Waals surface area contributed by atoms with Gasteiger partial charge in [-0.05, 0) is 43.7 Å². The number of aromatic nitrogens is 4. The Morgan fingerprint density at radius 1 is 1.09 bits per heavy atom. The van der Waals surface area contributed by atoms with Crippen molar-refractivity contribution >= 4 is 28.7 Å². The number of hydrogen-bond acceptors (Lipinski definition) is 5. The average Bonchev–Trinajstić information content (AvgIpc) is 3.22. The van der Waals surface area contributed by atoms with E-state index in [1.165, 1.54) is 12.1 Å². The highest BCUT2D eigenvalue weighted by Crippen LogP contribution is 2.30. The van der Waals surface area contributed by atoms with Crippen LogP contribution in [-0.2, 0) is 17.5 Å². The molecule has 0 aliphatic carbocycles. The first-order chi connectivity index (χ1) is 16.5. The van der Waals surface area contributed by atoms with Gasteiger partial charge < -0.3 is 5.32 Å². The van der Waals surface area contributed by atoms with Gasteiger partial charge in [0.2, 0.25) is 5.91 Å². The zero-order valence-corrected chi connectivity index (χ0v) is 18.6. The fourth-order valence-electron chi connectivity index (χ4n) is 3.49. The molecular formula is C23H19F3N6O3. The number of anilines is 1. The molecule has 2 N–H and O–H groups in total. The highest BCUT2D eigenvalue weighted by Gasteiger charge is 2.30. The van der Waals surface area contributed by atoms with E-state index in [9.17, 15) is 27.6 Å². The Morgan fingerprint density at radius 3 is 2.57 bits per heavy atom. The van der Waals surface area contributed by atoms with Gasteiger partial charge in [-0.3, -0.25) is 19.5 Å². The SMILES string of the molecule is Cc1ccc(NC(=O)NC(=O)Cn2cnc3c(cnn3-c3cccc(C(F)(F)F)c3)c2=O)c(C)c1. The lowest BCUT2D eigenvalue weighted by atomic mass is 10.1. The Labute approximate surface area is 196 Å². The third-order valence-corrected chi connectivity index (χ3v) is 5.17. The Hall–Kier alpha value is -4.48. The van der Waals surface area contributed by atoms with Crippen molar-refractivity contribution in [3.63, 3.8) is 0 Å². The van der Waals surface area contributed by atoms with Crippen LogP contribution in [0.1, 0.15) is 16.7 Å². The number of urea groups is 1. The maximum atomic E-state index is 13.0. The summed E-state index contributed by atoms with van der Waals surface area (Å²) in [7, 11) is 0. The Kier molecular flexibility index (Phi) is 6.12. The van der Waals surface area contributed by atoms with E-state index in [4.69, 9.17) is 0 Å². The molecule has 0 spiro atoms. The highest BCUT2D eigenvalue weighted by molar-refractivity contribution is 6.01. The molecule has 0 fully saturated rings. The van der Waals surface area contributed by atoms with Crippen LogP contribution < -0.4 is 16.2 Å². The first-order valence-electron chi connectivity index (χ1n) is 10.3. The van der Waals surface area contributed by atoms with Gasteiger partial charge in [0.1, 0.15) is 18.3 Å². The van der Waals surface area contributed by atoms with Gasteiger partial charge in [0, 0.05) is 5.69 Å². The standard InChI is InChI=1S/C23H19F3N6O3/c1-13-6-7-18(14(2)8-13)29-22(35)30-19(33)11-31-12-27-20-17(21(31)34)10-28-32(20)16-5-3-4-15(9-16)23(24,25)26/h3-10,12H,11H2,1-2H3,(H2,29,30,33,35). The number of aryl methyl sites for hydroxylation is 2. The van der Waals surface area contributed by atoms with E-state index in [1.54, 1.807) is 6.07 Å². The van der Waals surface area contributed by atoms with Crippen LogP contribution in [0.4, 0.5) is 23.7 Å². The number of benzene rings is 2. The molecule has 3 amide bonds. The summed E-state index contributed by atoms with van der Waals surface area (Å²) in [5, 5.41) is 8.70. The summed E-state index contributed by atoms with van der Waals surface area (Å²) in [4.78, 5) is 41.4. The van der Waals surface area contributed by atoms with E-state index >= 15 is 0 Å². The quantitative estimate of drug-likeness (QED) is 0.460. The summed E-state index contributed by atoms with van der Waals surface area (Å²) in [5.74, 6) is -0.763. The lowest BCUT2D eigenvalue weighted by Crippen LogP contribution is -2.38. The summed E-state index contributed by atoms with van der Waals surface area (Å²) in [6, 6.07) is 9.06. The van der Waals surface area contributed by atoms with Crippen molar-refractivity contribution in [1.82, 2.24) is 24.6 Å². The molecule has 2 heterocycles. The van der Waals surface area contributed by atoms with Crippen molar-refractivity contribution in [1.29, 1.82) is 0 Å². The van der Waals surface area contributed by atoms with Crippen LogP contribution in [-0.4, -0.2) is 31.3 Å². The number of fused-ring (bicyclic) bond motifs is 1. The number of carbonyl (C=O) groups is 2. The van der Waals surface area contributed by atoms with E-state index in [1.807, 2.05) is 26.0 Å². The predicted molar refractivity (Wildman–Crippen MR) is 121 cm³/mol.